The number of anilines is 2. The van der Waals surface area contributed by atoms with E-state index in [0.717, 1.165) is 16.1 Å². The number of nitro groups is 1. The highest BCUT2D eigenvalue weighted by Crippen LogP contribution is 2.30. The molecule has 0 spiro atoms. The zero-order chi connectivity index (χ0) is 23.3. The average molecular weight is 519 g/mol. The second-order valence-electron chi connectivity index (χ2n) is 6.56. The summed E-state index contributed by atoms with van der Waals surface area (Å²) >= 11 is 3.36. The van der Waals surface area contributed by atoms with Gasteiger partial charge in [0.2, 0.25) is 0 Å². The molecule has 0 aliphatic carbocycles. The molecule has 32 heavy (non-hydrogen) atoms. The lowest BCUT2D eigenvalue weighted by Gasteiger charge is -2.12. The maximum atomic E-state index is 12.8. The molecule has 3 aromatic rings. The van der Waals surface area contributed by atoms with Gasteiger partial charge in [0.1, 0.15) is 11.4 Å². The molecular formula is C21H19BrN4O5S. The average Bonchev–Trinajstić information content (AvgIpc) is 2.77. The quantitative estimate of drug-likeness (QED) is 0.245. The number of nitro benzene ring substituents is 1. The number of sulfonamides is 1. The topological polar surface area (TPSA) is 123 Å². The molecule has 0 aromatic heterocycles. The maximum absolute atomic E-state index is 12.8. The Morgan fingerprint density at radius 2 is 1.75 bits per heavy atom. The molecule has 0 amide bonds. The van der Waals surface area contributed by atoms with E-state index in [1.165, 1.54) is 25.3 Å². The molecule has 0 bridgehead atoms. The van der Waals surface area contributed by atoms with Crippen molar-refractivity contribution in [2.75, 3.05) is 17.3 Å². The molecule has 0 fully saturated rings. The maximum Gasteiger partial charge on any atom is 0.295 e. The third-order valence-corrected chi connectivity index (χ3v) is 6.33. The van der Waals surface area contributed by atoms with E-state index >= 15 is 0 Å². The van der Waals surface area contributed by atoms with E-state index in [2.05, 4.69) is 31.2 Å². The number of para-hydroxylation sites is 2. The predicted molar refractivity (Wildman–Crippen MR) is 127 cm³/mol. The Morgan fingerprint density at radius 1 is 1.06 bits per heavy atom. The molecule has 0 aliphatic heterocycles. The number of halogens is 1. The second kappa shape index (κ2) is 9.79. The summed E-state index contributed by atoms with van der Waals surface area (Å²) in [6.07, 6.45) is 0. The van der Waals surface area contributed by atoms with Gasteiger partial charge in [-0.3, -0.25) is 20.3 Å². The lowest BCUT2D eigenvalue weighted by Crippen LogP contribution is -2.14. The van der Waals surface area contributed by atoms with Gasteiger partial charge in [-0.05, 0) is 48.9 Å². The molecule has 0 aliphatic rings. The van der Waals surface area contributed by atoms with Gasteiger partial charge in [0.25, 0.3) is 15.7 Å². The summed E-state index contributed by atoms with van der Waals surface area (Å²) in [5.74, 6) is 0.321. The number of rotatable bonds is 8. The SMILES string of the molecule is COc1ccccc1NS(=O)(=O)c1ccc(NN=C(C)c2ccc(Br)cc2)c([N+](=O)[O-])c1. The van der Waals surface area contributed by atoms with Gasteiger partial charge in [0, 0.05) is 10.5 Å². The largest absolute Gasteiger partial charge is 0.495 e. The Kier molecular flexibility index (Phi) is 7.11. The van der Waals surface area contributed by atoms with E-state index in [9.17, 15) is 18.5 Å². The summed E-state index contributed by atoms with van der Waals surface area (Å²) in [6, 6.07) is 17.4. The first-order valence-corrected chi connectivity index (χ1v) is 11.5. The van der Waals surface area contributed by atoms with Crippen LogP contribution >= 0.6 is 15.9 Å². The Bertz CT molecular complexity index is 1280. The van der Waals surface area contributed by atoms with Crippen molar-refractivity contribution in [3.63, 3.8) is 0 Å². The first-order chi connectivity index (χ1) is 15.2. The highest BCUT2D eigenvalue weighted by Gasteiger charge is 2.22. The van der Waals surface area contributed by atoms with Crippen molar-refractivity contribution in [1.82, 2.24) is 0 Å². The number of nitrogens with zero attached hydrogens (tertiary/aromatic N) is 2. The standard InChI is InChI=1S/C21H19BrN4O5S/c1-14(15-7-9-16(22)10-8-15)23-24-18-12-11-17(13-20(18)26(27)28)32(29,30)25-19-5-3-4-6-21(19)31-2/h3-13,24-25H,1-2H3. The van der Waals surface area contributed by atoms with Crippen LogP contribution in [-0.4, -0.2) is 26.2 Å². The number of nitrogens with one attached hydrogen (secondary N) is 2. The van der Waals surface area contributed by atoms with E-state index < -0.39 is 20.6 Å². The van der Waals surface area contributed by atoms with Gasteiger partial charge in [-0.15, -0.1) is 0 Å². The zero-order valence-corrected chi connectivity index (χ0v) is 19.5. The smallest absolute Gasteiger partial charge is 0.295 e. The van der Waals surface area contributed by atoms with Crippen molar-refractivity contribution in [2.24, 2.45) is 5.10 Å². The van der Waals surface area contributed by atoms with E-state index in [4.69, 9.17) is 4.74 Å². The van der Waals surface area contributed by atoms with Crippen molar-refractivity contribution < 1.29 is 18.1 Å². The van der Waals surface area contributed by atoms with Gasteiger partial charge in [-0.1, -0.05) is 40.2 Å². The second-order valence-corrected chi connectivity index (χ2v) is 9.16. The molecule has 9 nitrogen and oxygen atoms in total. The summed E-state index contributed by atoms with van der Waals surface area (Å²) in [4.78, 5) is 10.6. The van der Waals surface area contributed by atoms with Crippen molar-refractivity contribution >= 4 is 48.7 Å². The van der Waals surface area contributed by atoms with Gasteiger partial charge >= 0.3 is 0 Å². The number of benzene rings is 3. The van der Waals surface area contributed by atoms with Crippen LogP contribution in [0.1, 0.15) is 12.5 Å². The molecule has 0 saturated heterocycles. The molecule has 11 heteroatoms. The molecule has 166 valence electrons. The van der Waals surface area contributed by atoms with Gasteiger partial charge in [-0.25, -0.2) is 8.42 Å². The summed E-state index contributed by atoms with van der Waals surface area (Å²) in [7, 11) is -2.69. The highest BCUT2D eigenvalue weighted by molar-refractivity contribution is 9.10. The summed E-state index contributed by atoms with van der Waals surface area (Å²) in [5, 5.41) is 15.8. The first kappa shape index (κ1) is 23.2. The fraction of sp³-hybridized carbons (Fsp3) is 0.0952. The van der Waals surface area contributed by atoms with E-state index in [1.54, 1.807) is 25.1 Å². The van der Waals surface area contributed by atoms with Crippen LogP contribution < -0.4 is 14.9 Å². The number of hydrogen-bond acceptors (Lipinski definition) is 7. The minimum Gasteiger partial charge on any atom is -0.495 e. The monoisotopic (exact) mass is 518 g/mol. The molecule has 0 heterocycles. The number of ether oxygens (including phenoxy) is 1. The first-order valence-electron chi connectivity index (χ1n) is 9.22. The van der Waals surface area contributed by atoms with Crippen molar-refractivity contribution in [1.29, 1.82) is 0 Å². The highest BCUT2D eigenvalue weighted by atomic mass is 79.9. The summed E-state index contributed by atoms with van der Waals surface area (Å²) in [5.41, 5.74) is 3.92. The van der Waals surface area contributed by atoms with E-state index in [1.807, 2.05) is 24.3 Å². The van der Waals surface area contributed by atoms with Crippen molar-refractivity contribution in [2.45, 2.75) is 11.8 Å². The summed E-state index contributed by atoms with van der Waals surface area (Å²) in [6.45, 7) is 1.75. The van der Waals surface area contributed by atoms with Crippen LogP contribution in [0, 0.1) is 10.1 Å². The van der Waals surface area contributed by atoms with Crippen LogP contribution in [0.2, 0.25) is 0 Å². The fourth-order valence-electron chi connectivity index (χ4n) is 2.76. The number of hydrogen-bond donors (Lipinski definition) is 2. The molecule has 0 radical (unpaired) electrons. The van der Waals surface area contributed by atoms with Gasteiger partial charge < -0.3 is 4.74 Å². The Balaban J connectivity index is 1.89. The van der Waals surface area contributed by atoms with Crippen molar-refractivity contribution in [3.05, 3.63) is 86.9 Å². The molecule has 2 N–H and O–H groups in total. The number of methoxy groups -OCH3 is 1. The van der Waals surface area contributed by atoms with Crippen LogP contribution in [0.4, 0.5) is 17.1 Å². The van der Waals surface area contributed by atoms with Gasteiger partial charge in [0.05, 0.1) is 28.3 Å². The normalized spacial score (nSPS) is 11.7. The third kappa shape index (κ3) is 5.42. The Hall–Kier alpha value is -3.44. The summed E-state index contributed by atoms with van der Waals surface area (Å²) < 4.78 is 34.0. The third-order valence-electron chi connectivity index (χ3n) is 4.43. The molecular weight excluding hydrogens is 500 g/mol. The number of hydrazone groups is 1. The molecule has 3 rings (SSSR count). The fourth-order valence-corrected chi connectivity index (χ4v) is 4.11. The van der Waals surface area contributed by atoms with Crippen LogP contribution in [-0.2, 0) is 10.0 Å². The van der Waals surface area contributed by atoms with Crippen molar-refractivity contribution in [3.8, 4) is 5.75 Å². The van der Waals surface area contributed by atoms with Crippen LogP contribution in [0.25, 0.3) is 0 Å². The Morgan fingerprint density at radius 3 is 2.41 bits per heavy atom. The lowest BCUT2D eigenvalue weighted by atomic mass is 10.1. The van der Waals surface area contributed by atoms with Gasteiger partial charge in [0.15, 0.2) is 0 Å². The van der Waals surface area contributed by atoms with E-state index in [0.29, 0.717) is 11.5 Å². The van der Waals surface area contributed by atoms with Crippen LogP contribution in [0.15, 0.2) is 81.2 Å². The molecule has 0 atom stereocenters. The minimum atomic E-state index is -4.10. The molecule has 3 aromatic carbocycles. The van der Waals surface area contributed by atoms with Crippen LogP contribution in [0.5, 0.6) is 5.75 Å². The zero-order valence-electron chi connectivity index (χ0n) is 17.1. The predicted octanol–water partition coefficient (Wildman–Crippen LogP) is 5.00. The van der Waals surface area contributed by atoms with E-state index in [-0.39, 0.29) is 16.3 Å². The minimum absolute atomic E-state index is 0.0581. The lowest BCUT2D eigenvalue weighted by molar-refractivity contribution is -0.384. The molecule has 0 saturated carbocycles. The van der Waals surface area contributed by atoms with Gasteiger partial charge in [-0.2, -0.15) is 5.10 Å². The molecule has 0 unspecified atom stereocenters. The van der Waals surface area contributed by atoms with Crippen LogP contribution in [0.3, 0.4) is 0 Å². The Labute approximate surface area is 193 Å².